The predicted octanol–water partition coefficient (Wildman–Crippen LogP) is 2.94. The van der Waals surface area contributed by atoms with E-state index in [1.807, 2.05) is 31.2 Å². The minimum atomic E-state index is -0.542. The van der Waals surface area contributed by atoms with E-state index in [4.69, 9.17) is 4.52 Å². The number of carbonyl (C=O) groups is 2. The molecule has 2 N–H and O–H groups in total. The van der Waals surface area contributed by atoms with Gasteiger partial charge in [-0.05, 0) is 31.9 Å². The molecule has 1 saturated carbocycles. The highest BCUT2D eigenvalue weighted by atomic mass is 32.2. The zero-order valence-electron chi connectivity index (χ0n) is 15.6. The second-order valence-electron chi connectivity index (χ2n) is 6.88. The van der Waals surface area contributed by atoms with Gasteiger partial charge in [-0.25, -0.2) is 0 Å². The van der Waals surface area contributed by atoms with Crippen molar-refractivity contribution in [1.29, 1.82) is 0 Å². The highest BCUT2D eigenvalue weighted by molar-refractivity contribution is 8.00. The number of nitrogens with one attached hydrogen (secondary N) is 2. The lowest BCUT2D eigenvalue weighted by atomic mass is 9.96. The summed E-state index contributed by atoms with van der Waals surface area (Å²) in [6, 6.07) is 7.61. The fourth-order valence-electron chi connectivity index (χ4n) is 3.25. The van der Waals surface area contributed by atoms with Gasteiger partial charge >= 0.3 is 0 Å². The molecule has 0 saturated heterocycles. The number of aryl methyl sites for hydroxylation is 2. The van der Waals surface area contributed by atoms with E-state index in [0.717, 1.165) is 36.9 Å². The first-order valence-corrected chi connectivity index (χ1v) is 10.2. The molecule has 0 unspecified atom stereocenters. The summed E-state index contributed by atoms with van der Waals surface area (Å²) in [5, 5.41) is 9.92. The Morgan fingerprint density at radius 3 is 2.41 bits per heavy atom. The number of anilines is 1. The molecule has 0 spiro atoms. The maximum atomic E-state index is 12.4. The van der Waals surface area contributed by atoms with Crippen molar-refractivity contribution >= 4 is 29.3 Å². The van der Waals surface area contributed by atoms with Crippen LogP contribution in [0.3, 0.4) is 0 Å². The van der Waals surface area contributed by atoms with Gasteiger partial charge in [0, 0.05) is 12.6 Å². The average molecular weight is 388 g/mol. The summed E-state index contributed by atoms with van der Waals surface area (Å²) in [5.41, 5.74) is 1.35. The fraction of sp³-hybridized carbons (Fsp3) is 0.474. The van der Waals surface area contributed by atoms with Crippen LogP contribution in [0.2, 0.25) is 0 Å². The third-order valence-corrected chi connectivity index (χ3v) is 5.53. The van der Waals surface area contributed by atoms with E-state index >= 15 is 0 Å². The Morgan fingerprint density at radius 2 is 1.78 bits per heavy atom. The van der Waals surface area contributed by atoms with Crippen molar-refractivity contribution in [3.8, 4) is 0 Å². The Morgan fingerprint density at radius 1 is 1.11 bits per heavy atom. The fourth-order valence-corrected chi connectivity index (χ4v) is 3.87. The van der Waals surface area contributed by atoms with Crippen LogP contribution in [0.25, 0.3) is 0 Å². The molecule has 0 atom stereocenters. The molecule has 0 aliphatic heterocycles. The summed E-state index contributed by atoms with van der Waals surface area (Å²) < 4.78 is 5.09. The van der Waals surface area contributed by atoms with E-state index in [9.17, 15) is 9.59 Å². The Hall–Kier alpha value is -2.35. The Kier molecular flexibility index (Phi) is 6.15. The van der Waals surface area contributed by atoms with Crippen molar-refractivity contribution in [3.63, 3.8) is 0 Å². The minimum absolute atomic E-state index is 0.118. The number of aromatic nitrogens is 2. The largest absolute Gasteiger partial charge is 0.343 e. The second kappa shape index (κ2) is 8.56. The summed E-state index contributed by atoms with van der Waals surface area (Å²) in [5.74, 6) is 1.23. The monoisotopic (exact) mass is 388 g/mol. The summed E-state index contributed by atoms with van der Waals surface area (Å²) in [6.45, 7) is 3.73. The number of nitrogens with zero attached hydrogens (tertiary/aromatic N) is 2. The van der Waals surface area contributed by atoms with Gasteiger partial charge in [0.05, 0.1) is 11.5 Å². The zero-order chi connectivity index (χ0) is 19.3. The minimum Gasteiger partial charge on any atom is -0.343 e. The maximum Gasteiger partial charge on any atom is 0.234 e. The molecule has 1 aromatic carbocycles. The van der Waals surface area contributed by atoms with Gasteiger partial charge in [-0.1, -0.05) is 35.7 Å². The lowest BCUT2D eigenvalue weighted by Gasteiger charge is -2.26. The average Bonchev–Trinajstić information content (AvgIpc) is 3.27. The van der Waals surface area contributed by atoms with Crippen LogP contribution >= 0.6 is 11.8 Å². The Balaban J connectivity index is 1.47. The topological polar surface area (TPSA) is 97.1 Å². The first-order valence-electron chi connectivity index (χ1n) is 9.03. The predicted molar refractivity (Wildman–Crippen MR) is 104 cm³/mol. The van der Waals surface area contributed by atoms with Gasteiger partial charge < -0.3 is 15.2 Å². The molecule has 1 aliphatic carbocycles. The van der Waals surface area contributed by atoms with E-state index < -0.39 is 5.54 Å². The first kappa shape index (κ1) is 19.4. The van der Waals surface area contributed by atoms with Crippen molar-refractivity contribution in [2.45, 2.75) is 45.1 Å². The van der Waals surface area contributed by atoms with Gasteiger partial charge in [0.25, 0.3) is 0 Å². The van der Waals surface area contributed by atoms with Crippen LogP contribution < -0.4 is 10.6 Å². The summed E-state index contributed by atoms with van der Waals surface area (Å²) >= 11 is 1.29. The summed E-state index contributed by atoms with van der Waals surface area (Å²) in [7, 11) is 0. The molecule has 1 fully saturated rings. The highest BCUT2D eigenvalue weighted by Gasteiger charge is 2.41. The van der Waals surface area contributed by atoms with Crippen molar-refractivity contribution < 1.29 is 14.1 Å². The van der Waals surface area contributed by atoms with Crippen LogP contribution in [0.4, 0.5) is 5.69 Å². The van der Waals surface area contributed by atoms with Gasteiger partial charge in [0.2, 0.25) is 17.7 Å². The van der Waals surface area contributed by atoms with Crippen LogP contribution in [0.1, 0.15) is 43.0 Å². The van der Waals surface area contributed by atoms with Gasteiger partial charge in [-0.2, -0.15) is 4.98 Å². The first-order chi connectivity index (χ1) is 13.0. The van der Waals surface area contributed by atoms with Crippen LogP contribution in [0.5, 0.6) is 0 Å². The summed E-state index contributed by atoms with van der Waals surface area (Å²) in [6.07, 6.45) is 3.63. The van der Waals surface area contributed by atoms with Crippen LogP contribution in [0.15, 0.2) is 28.8 Å². The standard InChI is InChI=1S/C19H24N4O3S/c1-13-5-7-15(8-6-13)21-16(24)11-27-12-17(25)22-19(9-3-4-10-19)18-20-14(2)26-23-18/h5-8H,3-4,9-12H2,1-2H3,(H,21,24)(H,22,25). The Bertz CT molecular complexity index is 798. The normalized spacial score (nSPS) is 15.5. The molecule has 144 valence electrons. The van der Waals surface area contributed by atoms with E-state index in [2.05, 4.69) is 20.8 Å². The molecule has 7 nitrogen and oxygen atoms in total. The molecule has 1 aliphatic rings. The number of carbonyl (C=O) groups excluding carboxylic acids is 2. The molecule has 2 amide bonds. The zero-order valence-corrected chi connectivity index (χ0v) is 16.4. The lowest BCUT2D eigenvalue weighted by molar-refractivity contribution is -0.120. The molecule has 0 bridgehead atoms. The molecule has 1 heterocycles. The smallest absolute Gasteiger partial charge is 0.234 e. The lowest BCUT2D eigenvalue weighted by Crippen LogP contribution is -2.45. The number of amides is 2. The maximum absolute atomic E-state index is 12.4. The quantitative estimate of drug-likeness (QED) is 0.757. The van der Waals surface area contributed by atoms with E-state index in [1.54, 1.807) is 6.92 Å². The van der Waals surface area contributed by atoms with Gasteiger partial charge in [-0.3, -0.25) is 9.59 Å². The SMILES string of the molecule is Cc1ccc(NC(=O)CSCC(=O)NC2(c3noc(C)n3)CCCC2)cc1. The van der Waals surface area contributed by atoms with Crippen molar-refractivity contribution in [3.05, 3.63) is 41.5 Å². The Labute approximate surface area is 162 Å². The van der Waals surface area contributed by atoms with Crippen molar-refractivity contribution in [2.24, 2.45) is 0 Å². The summed E-state index contributed by atoms with van der Waals surface area (Å²) in [4.78, 5) is 28.7. The highest BCUT2D eigenvalue weighted by Crippen LogP contribution is 2.37. The van der Waals surface area contributed by atoms with Crippen molar-refractivity contribution in [1.82, 2.24) is 15.5 Å². The number of thioether (sulfide) groups is 1. The van der Waals surface area contributed by atoms with Gasteiger partial charge in [0.1, 0.15) is 5.54 Å². The molecule has 2 aromatic rings. The third kappa shape index (κ3) is 5.09. The van der Waals surface area contributed by atoms with Crippen LogP contribution in [0, 0.1) is 13.8 Å². The molecule has 1 aromatic heterocycles. The number of hydrogen-bond acceptors (Lipinski definition) is 6. The van der Waals surface area contributed by atoms with Gasteiger partial charge in [0.15, 0.2) is 5.82 Å². The van der Waals surface area contributed by atoms with Crippen LogP contribution in [-0.2, 0) is 15.1 Å². The third-order valence-electron chi connectivity index (χ3n) is 4.59. The van der Waals surface area contributed by atoms with E-state index in [-0.39, 0.29) is 23.3 Å². The molecule has 3 rings (SSSR count). The number of rotatable bonds is 7. The van der Waals surface area contributed by atoms with E-state index in [1.165, 1.54) is 11.8 Å². The molecule has 8 heteroatoms. The molecule has 0 radical (unpaired) electrons. The number of benzene rings is 1. The van der Waals surface area contributed by atoms with Gasteiger partial charge in [-0.15, -0.1) is 11.8 Å². The number of hydrogen-bond donors (Lipinski definition) is 2. The molecule has 27 heavy (non-hydrogen) atoms. The molecular weight excluding hydrogens is 364 g/mol. The molecular formula is C19H24N4O3S. The van der Waals surface area contributed by atoms with Crippen LogP contribution in [-0.4, -0.2) is 33.5 Å². The van der Waals surface area contributed by atoms with Crippen molar-refractivity contribution in [2.75, 3.05) is 16.8 Å². The van der Waals surface area contributed by atoms with E-state index in [0.29, 0.717) is 11.7 Å². The second-order valence-corrected chi connectivity index (χ2v) is 7.87.